The van der Waals surface area contributed by atoms with Gasteiger partial charge < -0.3 is 18.9 Å². The molecule has 0 aliphatic heterocycles. The molecule has 3 rings (SSSR count). The minimum Gasteiger partial charge on any atom is -0.497 e. The summed E-state index contributed by atoms with van der Waals surface area (Å²) < 4.78 is 20.9. The minimum atomic E-state index is -0.370. The van der Waals surface area contributed by atoms with Gasteiger partial charge in [0.25, 0.3) is 0 Å². The Morgan fingerprint density at radius 3 is 2.12 bits per heavy atom. The predicted molar refractivity (Wildman–Crippen MR) is 121 cm³/mol. The molecule has 0 amide bonds. The molecule has 0 saturated carbocycles. The van der Waals surface area contributed by atoms with Crippen LogP contribution >= 0.6 is 0 Å². The summed E-state index contributed by atoms with van der Waals surface area (Å²) in [5, 5.41) is 0. The van der Waals surface area contributed by atoms with Crippen molar-refractivity contribution in [3.63, 3.8) is 0 Å². The number of hydrogen-bond acceptors (Lipinski definition) is 6. The lowest BCUT2D eigenvalue weighted by molar-refractivity contribution is 0.0600. The van der Waals surface area contributed by atoms with Gasteiger partial charge >= 0.3 is 5.97 Å². The zero-order valence-electron chi connectivity index (χ0n) is 18.2. The van der Waals surface area contributed by atoms with E-state index >= 15 is 0 Å². The van der Waals surface area contributed by atoms with Gasteiger partial charge in [0.05, 0.1) is 32.5 Å². The van der Waals surface area contributed by atoms with E-state index in [1.807, 2.05) is 36.4 Å². The molecule has 6 nitrogen and oxygen atoms in total. The van der Waals surface area contributed by atoms with Crippen molar-refractivity contribution >= 4 is 17.8 Å². The first kappa shape index (κ1) is 22.6. The highest BCUT2D eigenvalue weighted by molar-refractivity contribution is 6.08. The molecule has 0 aromatic heterocycles. The molecule has 6 heteroatoms. The first-order valence-electron chi connectivity index (χ1n) is 9.88. The van der Waals surface area contributed by atoms with E-state index in [1.165, 1.54) is 20.3 Å². The van der Waals surface area contributed by atoms with Crippen molar-refractivity contribution in [2.24, 2.45) is 0 Å². The van der Waals surface area contributed by atoms with Gasteiger partial charge in [0.15, 0.2) is 5.78 Å². The Kier molecular flexibility index (Phi) is 7.65. The lowest BCUT2D eigenvalue weighted by Gasteiger charge is -2.08. The van der Waals surface area contributed by atoms with Crippen molar-refractivity contribution < 1.29 is 28.5 Å². The maximum Gasteiger partial charge on any atom is 0.337 e. The fraction of sp³-hybridized carbons (Fsp3) is 0.154. The largest absolute Gasteiger partial charge is 0.497 e. The predicted octanol–water partition coefficient (Wildman–Crippen LogP) is 4.97. The van der Waals surface area contributed by atoms with Crippen molar-refractivity contribution in [2.75, 3.05) is 21.3 Å². The van der Waals surface area contributed by atoms with Crippen LogP contribution in [0.1, 0.15) is 31.8 Å². The van der Waals surface area contributed by atoms with Crippen molar-refractivity contribution in [1.29, 1.82) is 0 Å². The van der Waals surface area contributed by atoms with Crippen LogP contribution in [0.15, 0.2) is 72.8 Å². The molecule has 0 saturated heterocycles. The van der Waals surface area contributed by atoms with E-state index in [0.29, 0.717) is 35.0 Å². The summed E-state index contributed by atoms with van der Waals surface area (Å²) in [7, 11) is 4.43. The molecule has 3 aromatic carbocycles. The van der Waals surface area contributed by atoms with Crippen LogP contribution in [0.2, 0.25) is 0 Å². The fourth-order valence-corrected chi connectivity index (χ4v) is 2.96. The van der Waals surface area contributed by atoms with E-state index in [-0.39, 0.29) is 11.8 Å². The van der Waals surface area contributed by atoms with Crippen LogP contribution < -0.4 is 14.2 Å². The Bertz CT molecular complexity index is 1100. The summed E-state index contributed by atoms with van der Waals surface area (Å²) in [6.45, 7) is 0.367. The Morgan fingerprint density at radius 2 is 1.50 bits per heavy atom. The van der Waals surface area contributed by atoms with Crippen LogP contribution in [0, 0.1) is 0 Å². The van der Waals surface area contributed by atoms with E-state index in [0.717, 1.165) is 11.1 Å². The van der Waals surface area contributed by atoms with Gasteiger partial charge in [0.1, 0.15) is 23.9 Å². The number of carbonyl (C=O) groups excluding carboxylic acids is 2. The summed E-state index contributed by atoms with van der Waals surface area (Å²) in [5.74, 6) is 1.24. The summed E-state index contributed by atoms with van der Waals surface area (Å²) >= 11 is 0. The number of ether oxygens (including phenoxy) is 4. The Morgan fingerprint density at radius 1 is 0.812 bits per heavy atom. The van der Waals surface area contributed by atoms with Crippen LogP contribution in [0.4, 0.5) is 0 Å². The minimum absolute atomic E-state index is 0.166. The molecule has 164 valence electrons. The third kappa shape index (κ3) is 5.76. The van der Waals surface area contributed by atoms with E-state index < -0.39 is 0 Å². The molecular weight excluding hydrogens is 408 g/mol. The van der Waals surface area contributed by atoms with Crippen LogP contribution in [0.5, 0.6) is 17.2 Å². The Hall–Kier alpha value is -4.06. The third-order valence-corrected chi connectivity index (χ3v) is 4.76. The number of carbonyl (C=O) groups is 2. The second kappa shape index (κ2) is 10.8. The zero-order valence-corrected chi connectivity index (χ0v) is 18.2. The van der Waals surface area contributed by atoms with Gasteiger partial charge in [-0.25, -0.2) is 4.79 Å². The second-order valence-electron chi connectivity index (χ2n) is 6.81. The number of ketones is 1. The molecule has 0 atom stereocenters. The summed E-state index contributed by atoms with van der Waals surface area (Å²) in [5.41, 5.74) is 2.75. The second-order valence-corrected chi connectivity index (χ2v) is 6.81. The van der Waals surface area contributed by atoms with Gasteiger partial charge in [-0.3, -0.25) is 4.79 Å². The molecule has 0 fully saturated rings. The van der Waals surface area contributed by atoms with Gasteiger partial charge in [-0.05, 0) is 53.6 Å². The number of benzene rings is 3. The van der Waals surface area contributed by atoms with Crippen LogP contribution in [-0.2, 0) is 11.3 Å². The third-order valence-electron chi connectivity index (χ3n) is 4.76. The van der Waals surface area contributed by atoms with Crippen molar-refractivity contribution in [2.45, 2.75) is 6.61 Å². The zero-order chi connectivity index (χ0) is 22.9. The van der Waals surface area contributed by atoms with Gasteiger partial charge in [0, 0.05) is 6.07 Å². The average Bonchev–Trinajstić information content (AvgIpc) is 2.86. The van der Waals surface area contributed by atoms with Crippen molar-refractivity contribution in [3.05, 3.63) is 95.1 Å². The molecule has 3 aromatic rings. The quantitative estimate of drug-likeness (QED) is 0.270. The SMILES string of the molecule is COC(=O)c1ccc(COc2ccc(C=CC(=O)c3ccc(OC)cc3OC)cc2)cc1. The van der Waals surface area contributed by atoms with Crippen molar-refractivity contribution in [3.8, 4) is 17.2 Å². The Balaban J connectivity index is 1.59. The molecule has 0 aliphatic rings. The normalized spacial score (nSPS) is 10.6. The van der Waals surface area contributed by atoms with Crippen molar-refractivity contribution in [1.82, 2.24) is 0 Å². The first-order valence-corrected chi connectivity index (χ1v) is 9.88. The Labute approximate surface area is 187 Å². The van der Waals surface area contributed by atoms with Crippen LogP contribution in [0.25, 0.3) is 6.08 Å². The van der Waals surface area contributed by atoms with Gasteiger partial charge in [-0.2, -0.15) is 0 Å². The summed E-state index contributed by atoms with van der Waals surface area (Å²) in [6, 6.07) is 19.5. The van der Waals surface area contributed by atoms with Gasteiger partial charge in [-0.15, -0.1) is 0 Å². The lowest BCUT2D eigenvalue weighted by Crippen LogP contribution is -2.02. The summed E-state index contributed by atoms with van der Waals surface area (Å²) in [6.07, 6.45) is 3.24. The highest BCUT2D eigenvalue weighted by Crippen LogP contribution is 2.25. The average molecular weight is 432 g/mol. The number of hydrogen-bond donors (Lipinski definition) is 0. The standard InChI is InChI=1S/C26H24O6/c1-29-22-13-14-23(25(16-22)30-2)24(27)15-8-18-6-11-21(12-7-18)32-17-19-4-9-20(10-5-19)26(28)31-3/h4-16H,17H2,1-3H3. The monoisotopic (exact) mass is 432 g/mol. The highest BCUT2D eigenvalue weighted by atomic mass is 16.5. The number of methoxy groups -OCH3 is 3. The molecule has 0 aliphatic carbocycles. The van der Waals surface area contributed by atoms with Crippen LogP contribution in [-0.4, -0.2) is 33.1 Å². The number of esters is 1. The van der Waals surface area contributed by atoms with E-state index in [9.17, 15) is 9.59 Å². The van der Waals surface area contributed by atoms with Gasteiger partial charge in [0.2, 0.25) is 0 Å². The maximum atomic E-state index is 12.5. The fourth-order valence-electron chi connectivity index (χ4n) is 2.96. The smallest absolute Gasteiger partial charge is 0.337 e. The first-order chi connectivity index (χ1) is 15.5. The van der Waals surface area contributed by atoms with Crippen LogP contribution in [0.3, 0.4) is 0 Å². The molecule has 0 spiro atoms. The van der Waals surface area contributed by atoms with E-state index in [4.69, 9.17) is 14.2 Å². The number of rotatable bonds is 9. The molecular formula is C26H24O6. The highest BCUT2D eigenvalue weighted by Gasteiger charge is 2.11. The van der Waals surface area contributed by atoms with E-state index in [2.05, 4.69) is 4.74 Å². The molecule has 0 N–H and O–H groups in total. The topological polar surface area (TPSA) is 71.1 Å². The summed E-state index contributed by atoms with van der Waals surface area (Å²) in [4.78, 5) is 24.0. The molecule has 32 heavy (non-hydrogen) atoms. The molecule has 0 heterocycles. The molecule has 0 bridgehead atoms. The lowest BCUT2D eigenvalue weighted by atomic mass is 10.1. The maximum absolute atomic E-state index is 12.5. The molecule has 0 radical (unpaired) electrons. The van der Waals surface area contributed by atoms with E-state index in [1.54, 1.807) is 43.5 Å². The van der Waals surface area contributed by atoms with Gasteiger partial charge in [-0.1, -0.05) is 30.3 Å². The number of allylic oxidation sites excluding steroid dienone is 1. The molecule has 0 unspecified atom stereocenters.